The van der Waals surface area contributed by atoms with Crippen LogP contribution >= 0.6 is 11.3 Å². The van der Waals surface area contributed by atoms with Crippen LogP contribution in [0.15, 0.2) is 35.0 Å². The molecule has 0 unspecified atom stereocenters. The van der Waals surface area contributed by atoms with Gasteiger partial charge in [-0.15, -0.1) is 0 Å². The number of carbonyl (C=O) groups is 1. The van der Waals surface area contributed by atoms with Gasteiger partial charge in [0.25, 0.3) is 5.91 Å². The second kappa shape index (κ2) is 7.28. The van der Waals surface area contributed by atoms with Gasteiger partial charge in [-0.1, -0.05) is 0 Å². The molecule has 0 fully saturated rings. The molecule has 0 bridgehead atoms. The Morgan fingerprint density at radius 3 is 2.76 bits per heavy atom. The number of carbonyl (C=O) groups excluding carboxylic acids is 1. The zero-order valence-corrected chi connectivity index (χ0v) is 12.3. The lowest BCUT2D eigenvalue weighted by Gasteiger charge is -2.22. The van der Waals surface area contributed by atoms with Crippen LogP contribution in [0.3, 0.4) is 0 Å². The van der Waals surface area contributed by atoms with E-state index in [2.05, 4.69) is 0 Å². The molecule has 0 atom stereocenters. The van der Waals surface area contributed by atoms with Gasteiger partial charge in [-0.25, -0.2) is 8.78 Å². The number of hydrogen-bond acceptors (Lipinski definition) is 3. The zero-order valence-electron chi connectivity index (χ0n) is 11.5. The normalized spacial score (nSPS) is 10.6. The van der Waals surface area contributed by atoms with Gasteiger partial charge in [0, 0.05) is 26.3 Å². The summed E-state index contributed by atoms with van der Waals surface area (Å²) in [5, 5.41) is 3.83. The highest BCUT2D eigenvalue weighted by Crippen LogP contribution is 2.16. The lowest BCUT2D eigenvalue weighted by atomic mass is 10.1. The average molecular weight is 311 g/mol. The zero-order chi connectivity index (χ0) is 15.2. The molecule has 0 N–H and O–H groups in total. The molecule has 112 valence electrons. The van der Waals surface area contributed by atoms with Gasteiger partial charge in [-0.3, -0.25) is 4.79 Å². The monoisotopic (exact) mass is 311 g/mol. The Bertz CT molecular complexity index is 602. The van der Waals surface area contributed by atoms with Crippen molar-refractivity contribution in [2.24, 2.45) is 0 Å². The summed E-state index contributed by atoms with van der Waals surface area (Å²) in [6.45, 7) is 1.04. The fraction of sp³-hybridized carbons (Fsp3) is 0.267. The van der Waals surface area contributed by atoms with Gasteiger partial charge in [0.15, 0.2) is 0 Å². The first-order chi connectivity index (χ1) is 10.1. The molecule has 1 aromatic heterocycles. The third-order valence-corrected chi connectivity index (χ3v) is 3.70. The van der Waals surface area contributed by atoms with Gasteiger partial charge in [0.2, 0.25) is 0 Å². The molecule has 0 aliphatic heterocycles. The van der Waals surface area contributed by atoms with Gasteiger partial charge in [0.1, 0.15) is 11.6 Å². The lowest BCUT2D eigenvalue weighted by molar-refractivity contribution is 0.0676. The van der Waals surface area contributed by atoms with Crippen molar-refractivity contribution in [3.05, 3.63) is 57.8 Å². The van der Waals surface area contributed by atoms with Crippen LogP contribution in [0, 0.1) is 11.6 Å². The summed E-state index contributed by atoms with van der Waals surface area (Å²) in [5.74, 6) is -2.03. The Morgan fingerprint density at radius 2 is 2.14 bits per heavy atom. The average Bonchev–Trinajstić information content (AvgIpc) is 2.95. The van der Waals surface area contributed by atoms with E-state index in [1.807, 2.05) is 16.8 Å². The van der Waals surface area contributed by atoms with Crippen LogP contribution in [0.4, 0.5) is 8.78 Å². The maximum Gasteiger partial charge on any atom is 0.257 e. The van der Waals surface area contributed by atoms with Gasteiger partial charge in [0.05, 0.1) is 12.2 Å². The first-order valence-electron chi connectivity index (χ1n) is 6.36. The number of halogens is 2. The van der Waals surface area contributed by atoms with Crippen LogP contribution in [-0.2, 0) is 11.3 Å². The molecule has 0 spiro atoms. The lowest BCUT2D eigenvalue weighted by Crippen LogP contribution is -2.33. The van der Waals surface area contributed by atoms with E-state index in [9.17, 15) is 13.6 Å². The predicted octanol–water partition coefficient (Wildman–Crippen LogP) is 3.32. The molecule has 0 saturated heterocycles. The maximum atomic E-state index is 13.7. The summed E-state index contributed by atoms with van der Waals surface area (Å²) >= 11 is 1.53. The molecule has 0 aliphatic carbocycles. The van der Waals surface area contributed by atoms with E-state index in [0.717, 1.165) is 11.6 Å². The van der Waals surface area contributed by atoms with Crippen LogP contribution < -0.4 is 0 Å². The third-order valence-electron chi connectivity index (χ3n) is 2.97. The van der Waals surface area contributed by atoms with Crippen molar-refractivity contribution in [2.75, 3.05) is 20.3 Å². The number of methoxy groups -OCH3 is 1. The summed E-state index contributed by atoms with van der Waals surface area (Å²) < 4.78 is 31.7. The highest BCUT2D eigenvalue weighted by molar-refractivity contribution is 7.07. The Labute approximate surface area is 125 Å². The minimum Gasteiger partial charge on any atom is -0.383 e. The number of amides is 1. The number of nitrogens with zero attached hydrogens (tertiary/aromatic N) is 1. The molecule has 0 radical (unpaired) electrons. The van der Waals surface area contributed by atoms with E-state index >= 15 is 0 Å². The summed E-state index contributed by atoms with van der Waals surface area (Å²) in [7, 11) is 1.53. The first kappa shape index (κ1) is 15.6. The van der Waals surface area contributed by atoms with Crippen molar-refractivity contribution < 1.29 is 18.3 Å². The van der Waals surface area contributed by atoms with Gasteiger partial charge in [-0.2, -0.15) is 11.3 Å². The minimum atomic E-state index is -0.854. The number of rotatable bonds is 6. The molecule has 6 heteroatoms. The van der Waals surface area contributed by atoms with Crippen LogP contribution in [0.25, 0.3) is 0 Å². The Balaban J connectivity index is 2.20. The molecular weight excluding hydrogens is 296 g/mol. The largest absolute Gasteiger partial charge is 0.383 e. The Morgan fingerprint density at radius 1 is 1.33 bits per heavy atom. The molecule has 1 amide bonds. The van der Waals surface area contributed by atoms with Gasteiger partial charge in [-0.05, 0) is 34.5 Å². The summed E-state index contributed by atoms with van der Waals surface area (Å²) in [5.41, 5.74) is 0.828. The maximum absolute atomic E-state index is 13.7. The van der Waals surface area contributed by atoms with Crippen LogP contribution in [0.2, 0.25) is 0 Å². The number of ether oxygens (including phenoxy) is 1. The quantitative estimate of drug-likeness (QED) is 0.819. The molecule has 0 saturated carbocycles. The van der Waals surface area contributed by atoms with E-state index in [-0.39, 0.29) is 5.56 Å². The second-order valence-corrected chi connectivity index (χ2v) is 5.26. The standard InChI is InChI=1S/C15H15F2NO2S/c1-20-6-5-18(9-11-4-7-21-10-11)15(19)13-3-2-12(16)8-14(13)17/h2-4,7-8,10H,5-6,9H2,1H3. The highest BCUT2D eigenvalue weighted by Gasteiger charge is 2.20. The van der Waals surface area contributed by atoms with Crippen molar-refractivity contribution in [3.8, 4) is 0 Å². The molecule has 1 aromatic carbocycles. The van der Waals surface area contributed by atoms with Crippen molar-refractivity contribution in [1.29, 1.82) is 0 Å². The number of thiophene rings is 1. The minimum absolute atomic E-state index is 0.136. The molecule has 21 heavy (non-hydrogen) atoms. The van der Waals surface area contributed by atoms with Crippen molar-refractivity contribution in [3.63, 3.8) is 0 Å². The van der Waals surface area contributed by atoms with E-state index in [4.69, 9.17) is 4.74 Å². The van der Waals surface area contributed by atoms with Crippen molar-refractivity contribution in [1.82, 2.24) is 4.90 Å². The fourth-order valence-electron chi connectivity index (χ4n) is 1.89. The first-order valence-corrected chi connectivity index (χ1v) is 7.30. The molecule has 3 nitrogen and oxygen atoms in total. The topological polar surface area (TPSA) is 29.5 Å². The number of benzene rings is 1. The fourth-order valence-corrected chi connectivity index (χ4v) is 2.55. The van der Waals surface area contributed by atoms with Crippen molar-refractivity contribution >= 4 is 17.2 Å². The van der Waals surface area contributed by atoms with E-state index < -0.39 is 17.5 Å². The van der Waals surface area contributed by atoms with Crippen LogP contribution in [0.1, 0.15) is 15.9 Å². The highest BCUT2D eigenvalue weighted by atomic mass is 32.1. The van der Waals surface area contributed by atoms with Gasteiger partial charge < -0.3 is 9.64 Å². The Kier molecular flexibility index (Phi) is 5.41. The number of hydrogen-bond donors (Lipinski definition) is 0. The van der Waals surface area contributed by atoms with Crippen molar-refractivity contribution in [2.45, 2.75) is 6.54 Å². The third kappa shape index (κ3) is 4.09. The molecule has 1 heterocycles. The molecule has 0 aliphatic rings. The van der Waals surface area contributed by atoms with E-state index in [1.54, 1.807) is 0 Å². The van der Waals surface area contributed by atoms with E-state index in [1.165, 1.54) is 29.4 Å². The predicted molar refractivity (Wildman–Crippen MR) is 77.3 cm³/mol. The summed E-state index contributed by atoms with van der Waals surface area (Å²) in [4.78, 5) is 13.9. The summed E-state index contributed by atoms with van der Waals surface area (Å²) in [6, 6.07) is 4.86. The smallest absolute Gasteiger partial charge is 0.257 e. The van der Waals surface area contributed by atoms with Gasteiger partial charge >= 0.3 is 0 Å². The molecule has 2 rings (SSSR count). The second-order valence-electron chi connectivity index (χ2n) is 4.48. The summed E-state index contributed by atoms with van der Waals surface area (Å²) in [6.07, 6.45) is 0. The Hall–Kier alpha value is -1.79. The van der Waals surface area contributed by atoms with Crippen LogP contribution in [0.5, 0.6) is 0 Å². The SMILES string of the molecule is COCCN(Cc1ccsc1)C(=O)c1ccc(F)cc1F. The van der Waals surface area contributed by atoms with E-state index in [0.29, 0.717) is 25.8 Å². The molecular formula is C15H15F2NO2S. The molecule has 2 aromatic rings. The van der Waals surface area contributed by atoms with Crippen LogP contribution in [-0.4, -0.2) is 31.1 Å².